The van der Waals surface area contributed by atoms with Crippen LogP contribution in [0.5, 0.6) is 5.75 Å². The number of fused-ring (bicyclic) bond motifs is 1. The molecule has 0 radical (unpaired) electrons. The smallest absolute Gasteiger partial charge is 0.297 e. The predicted octanol–water partition coefficient (Wildman–Crippen LogP) is 3.67. The van der Waals surface area contributed by atoms with Crippen molar-refractivity contribution in [1.82, 2.24) is 14.9 Å². The Morgan fingerprint density at radius 1 is 1.25 bits per heavy atom. The third kappa shape index (κ3) is 3.27. The normalized spacial score (nSPS) is 19.2. The van der Waals surface area contributed by atoms with Crippen LogP contribution in [0.4, 0.5) is 6.01 Å². The van der Waals surface area contributed by atoms with E-state index in [1.54, 1.807) is 24.3 Å². The minimum absolute atomic E-state index is 0.0324. The van der Waals surface area contributed by atoms with E-state index < -0.39 is 0 Å². The van der Waals surface area contributed by atoms with Crippen molar-refractivity contribution in [3.05, 3.63) is 35.4 Å². The number of aryl methyl sites for hydroxylation is 1. The molecule has 144 valence electrons. The number of rotatable bonds is 4. The van der Waals surface area contributed by atoms with E-state index in [-0.39, 0.29) is 11.8 Å². The summed E-state index contributed by atoms with van der Waals surface area (Å²) in [4.78, 5) is 11.2. The second-order valence-electron chi connectivity index (χ2n) is 7.57. The summed E-state index contributed by atoms with van der Waals surface area (Å²) in [6, 6.07) is 10.2. The number of phenolic OH excluding ortho intramolecular Hbond substituents is 1. The summed E-state index contributed by atoms with van der Waals surface area (Å²) in [5.41, 5.74) is 3.12. The van der Waals surface area contributed by atoms with Crippen LogP contribution < -0.4 is 5.32 Å². The first-order chi connectivity index (χ1) is 13.5. The van der Waals surface area contributed by atoms with Gasteiger partial charge in [0.05, 0.1) is 22.9 Å². The van der Waals surface area contributed by atoms with Crippen LogP contribution in [-0.4, -0.2) is 46.2 Å². The van der Waals surface area contributed by atoms with Crippen molar-refractivity contribution in [2.24, 2.45) is 0 Å². The van der Waals surface area contributed by atoms with Crippen LogP contribution in [0.2, 0.25) is 0 Å². The number of phenols is 1. The van der Waals surface area contributed by atoms with Crippen LogP contribution in [0.3, 0.4) is 0 Å². The summed E-state index contributed by atoms with van der Waals surface area (Å²) in [6.07, 6.45) is 3.40. The highest BCUT2D eigenvalue weighted by Gasteiger charge is 2.30. The van der Waals surface area contributed by atoms with Gasteiger partial charge in [0, 0.05) is 12.1 Å². The minimum atomic E-state index is 0.0324. The number of benzene rings is 1. The zero-order valence-corrected chi connectivity index (χ0v) is 16.2. The van der Waals surface area contributed by atoms with Crippen molar-refractivity contribution in [3.63, 3.8) is 0 Å². The maximum Gasteiger partial charge on any atom is 0.297 e. The third-order valence-electron chi connectivity index (χ3n) is 5.34. The molecule has 28 heavy (non-hydrogen) atoms. The van der Waals surface area contributed by atoms with E-state index >= 15 is 0 Å². The monoisotopic (exact) mass is 377 g/mol. The summed E-state index contributed by atoms with van der Waals surface area (Å²) >= 11 is 0. The molecule has 1 saturated carbocycles. The molecular weight excluding hydrogens is 354 g/mol. The fourth-order valence-electron chi connectivity index (χ4n) is 4.03. The maximum atomic E-state index is 10.4. The summed E-state index contributed by atoms with van der Waals surface area (Å²) in [5, 5.41) is 23.2. The molecule has 7 nitrogen and oxygen atoms in total. The SMILES string of the molecule is Cc1cc(O)c(-c2ccc3oc(N[C@@H]4CCC[C@H]4N(C)C)nc3n2)c(C#N)c1. The van der Waals surface area contributed by atoms with Crippen LogP contribution in [-0.2, 0) is 0 Å². The standard InChI is InChI=1S/C21H23N5O2/c1-12-9-13(11-22)19(17(27)10-12)15-7-8-18-20(23-15)25-21(28-18)24-14-5-4-6-16(14)26(2)3/h7-10,14,16,27H,4-6H2,1-3H3,(H,23,24,25)/t14-,16-/m1/s1. The lowest BCUT2D eigenvalue weighted by atomic mass is 10.0. The Morgan fingerprint density at radius 2 is 2.07 bits per heavy atom. The van der Waals surface area contributed by atoms with Gasteiger partial charge in [0.2, 0.25) is 5.65 Å². The van der Waals surface area contributed by atoms with Gasteiger partial charge >= 0.3 is 0 Å². The molecule has 7 heteroatoms. The Hall–Kier alpha value is -3.11. The highest BCUT2D eigenvalue weighted by molar-refractivity contribution is 5.80. The third-order valence-corrected chi connectivity index (χ3v) is 5.34. The molecule has 0 unspecified atom stereocenters. The van der Waals surface area contributed by atoms with E-state index in [1.165, 1.54) is 6.42 Å². The predicted molar refractivity (Wildman–Crippen MR) is 107 cm³/mol. The number of hydrogen-bond donors (Lipinski definition) is 2. The van der Waals surface area contributed by atoms with Crippen molar-refractivity contribution in [1.29, 1.82) is 5.26 Å². The van der Waals surface area contributed by atoms with Crippen LogP contribution in [0.1, 0.15) is 30.4 Å². The van der Waals surface area contributed by atoms with Crippen molar-refractivity contribution in [2.45, 2.75) is 38.3 Å². The number of pyridine rings is 1. The Balaban J connectivity index is 1.67. The summed E-state index contributed by atoms with van der Waals surface area (Å²) in [6.45, 7) is 1.83. The molecule has 2 atom stereocenters. The molecule has 2 aromatic heterocycles. The molecule has 1 aliphatic carbocycles. The highest BCUT2D eigenvalue weighted by atomic mass is 16.4. The number of nitriles is 1. The fraction of sp³-hybridized carbons (Fsp3) is 0.381. The van der Waals surface area contributed by atoms with Crippen molar-refractivity contribution < 1.29 is 9.52 Å². The number of aromatic hydroxyl groups is 1. The average Bonchev–Trinajstić information content (AvgIpc) is 3.26. The summed E-state index contributed by atoms with van der Waals surface area (Å²) in [5.74, 6) is 0.0324. The first-order valence-corrected chi connectivity index (χ1v) is 9.41. The molecule has 2 heterocycles. The van der Waals surface area contributed by atoms with Crippen LogP contribution in [0.25, 0.3) is 22.5 Å². The number of hydrogen-bond acceptors (Lipinski definition) is 7. The molecular formula is C21H23N5O2. The number of likely N-dealkylation sites (N-methyl/N-ethyl adjacent to an activating group) is 1. The van der Waals surface area contributed by atoms with Gasteiger partial charge in [-0.2, -0.15) is 10.2 Å². The lowest BCUT2D eigenvalue weighted by molar-refractivity contribution is 0.283. The van der Waals surface area contributed by atoms with Gasteiger partial charge in [0.1, 0.15) is 5.75 Å². The van der Waals surface area contributed by atoms with Gasteiger partial charge in [-0.05, 0) is 70.1 Å². The molecule has 0 aliphatic heterocycles. The molecule has 0 amide bonds. The van der Waals surface area contributed by atoms with E-state index in [9.17, 15) is 10.4 Å². The molecule has 1 aromatic carbocycles. The summed E-state index contributed by atoms with van der Waals surface area (Å²) < 4.78 is 5.82. The van der Waals surface area contributed by atoms with Gasteiger partial charge in [-0.3, -0.25) is 0 Å². The quantitative estimate of drug-likeness (QED) is 0.716. The number of anilines is 1. The summed E-state index contributed by atoms with van der Waals surface area (Å²) in [7, 11) is 4.18. The Labute approximate surface area is 163 Å². The lowest BCUT2D eigenvalue weighted by Crippen LogP contribution is -2.39. The van der Waals surface area contributed by atoms with Gasteiger partial charge in [0.25, 0.3) is 6.01 Å². The van der Waals surface area contributed by atoms with E-state index in [2.05, 4.69) is 40.3 Å². The van der Waals surface area contributed by atoms with E-state index in [1.807, 2.05) is 6.92 Å². The van der Waals surface area contributed by atoms with Gasteiger partial charge in [-0.15, -0.1) is 0 Å². The number of oxazole rings is 1. The maximum absolute atomic E-state index is 10.4. The van der Waals surface area contributed by atoms with Crippen LogP contribution in [0.15, 0.2) is 28.7 Å². The first kappa shape index (κ1) is 18.3. The van der Waals surface area contributed by atoms with Gasteiger partial charge < -0.3 is 19.7 Å². The van der Waals surface area contributed by atoms with Crippen LogP contribution >= 0.6 is 0 Å². The fourth-order valence-corrected chi connectivity index (χ4v) is 4.03. The first-order valence-electron chi connectivity index (χ1n) is 9.41. The Kier molecular flexibility index (Phi) is 4.65. The van der Waals surface area contributed by atoms with E-state index in [0.29, 0.717) is 40.1 Å². The molecule has 0 bridgehead atoms. The zero-order chi connectivity index (χ0) is 19.8. The Morgan fingerprint density at radius 3 is 2.82 bits per heavy atom. The molecule has 0 saturated heterocycles. The molecule has 2 N–H and O–H groups in total. The zero-order valence-electron chi connectivity index (χ0n) is 16.2. The molecule has 3 aromatic rings. The van der Waals surface area contributed by atoms with E-state index in [4.69, 9.17) is 4.42 Å². The number of nitrogens with one attached hydrogen (secondary N) is 1. The highest BCUT2D eigenvalue weighted by Crippen LogP contribution is 2.34. The molecule has 1 fully saturated rings. The Bertz CT molecular complexity index is 1070. The molecule has 4 rings (SSSR count). The average molecular weight is 377 g/mol. The van der Waals surface area contributed by atoms with Gasteiger partial charge in [0.15, 0.2) is 5.58 Å². The minimum Gasteiger partial charge on any atom is -0.507 e. The largest absolute Gasteiger partial charge is 0.507 e. The molecule has 0 spiro atoms. The van der Waals surface area contributed by atoms with Gasteiger partial charge in [-0.25, -0.2) is 4.98 Å². The van der Waals surface area contributed by atoms with Crippen LogP contribution in [0, 0.1) is 18.3 Å². The second kappa shape index (κ2) is 7.13. The lowest BCUT2D eigenvalue weighted by Gasteiger charge is -2.26. The number of aromatic nitrogens is 2. The topological polar surface area (TPSA) is 98.2 Å². The van der Waals surface area contributed by atoms with Crippen molar-refractivity contribution in [3.8, 4) is 23.1 Å². The van der Waals surface area contributed by atoms with Gasteiger partial charge in [-0.1, -0.05) is 0 Å². The van der Waals surface area contributed by atoms with Crippen molar-refractivity contribution >= 4 is 17.2 Å². The number of nitrogens with zero attached hydrogens (tertiary/aromatic N) is 4. The van der Waals surface area contributed by atoms with Crippen molar-refractivity contribution in [2.75, 3.05) is 19.4 Å². The second-order valence-corrected chi connectivity index (χ2v) is 7.57. The molecule has 1 aliphatic rings. The van der Waals surface area contributed by atoms with E-state index in [0.717, 1.165) is 18.4 Å².